The summed E-state index contributed by atoms with van der Waals surface area (Å²) in [4.78, 5) is 0. The molecule has 0 fully saturated rings. The Bertz CT molecular complexity index is 332. The molecule has 0 aliphatic rings. The molecular weight excluding hydrogens is 298 g/mol. The molecular formula is C16H35NO2SSi. The second-order valence-electron chi connectivity index (χ2n) is 8.39. The van der Waals surface area contributed by atoms with Gasteiger partial charge in [-0.1, -0.05) is 32.1 Å². The maximum atomic E-state index is 11.8. The molecule has 3 nitrogen and oxygen atoms in total. The largest absolute Gasteiger partial charge is 0.591 e. The average Bonchev–Trinajstić information content (AvgIpc) is 2.25. The van der Waals surface area contributed by atoms with Crippen molar-refractivity contribution >= 4 is 25.9 Å². The van der Waals surface area contributed by atoms with Crippen LogP contribution in [-0.2, 0) is 15.8 Å². The first-order chi connectivity index (χ1) is 9.27. The maximum Gasteiger partial charge on any atom is 0.191 e. The molecule has 0 aromatic rings. The van der Waals surface area contributed by atoms with E-state index in [-0.39, 0.29) is 9.79 Å². The van der Waals surface area contributed by atoms with Crippen LogP contribution in [0.25, 0.3) is 0 Å². The minimum absolute atomic E-state index is 0.265. The Hall–Kier alpha value is 0.157. The van der Waals surface area contributed by atoms with E-state index in [9.17, 15) is 4.55 Å². The summed E-state index contributed by atoms with van der Waals surface area (Å²) in [6.45, 7) is 20.2. The molecule has 0 amide bonds. The molecule has 0 aliphatic heterocycles. The molecule has 0 aliphatic carbocycles. The Morgan fingerprint density at radius 2 is 1.71 bits per heavy atom. The Morgan fingerprint density at radius 3 is 2.14 bits per heavy atom. The first-order valence-electron chi connectivity index (χ1n) is 7.86. The molecule has 0 radical (unpaired) electrons. The fraction of sp³-hybridized carbons (Fsp3) is 0.938. The number of rotatable bonds is 7. The average molecular weight is 334 g/mol. The van der Waals surface area contributed by atoms with Crippen LogP contribution in [-0.4, -0.2) is 30.4 Å². The lowest BCUT2D eigenvalue weighted by atomic mass is 10.1. The van der Waals surface area contributed by atoms with Crippen LogP contribution in [0.3, 0.4) is 0 Å². The van der Waals surface area contributed by atoms with Crippen LogP contribution in [0.4, 0.5) is 0 Å². The Kier molecular flexibility index (Phi) is 8.19. The smallest absolute Gasteiger partial charge is 0.191 e. The minimum atomic E-state index is -1.63. The first-order valence-corrected chi connectivity index (χ1v) is 11.9. The van der Waals surface area contributed by atoms with Gasteiger partial charge in [-0.3, -0.25) is 0 Å². The molecule has 21 heavy (non-hydrogen) atoms. The Labute approximate surface area is 136 Å². The van der Waals surface area contributed by atoms with Gasteiger partial charge >= 0.3 is 0 Å². The first kappa shape index (κ1) is 21.2. The molecule has 0 bridgehead atoms. The number of nitrogens with zero attached hydrogens (tertiary/aromatic N) is 1. The van der Waals surface area contributed by atoms with Gasteiger partial charge < -0.3 is 8.98 Å². The van der Waals surface area contributed by atoms with E-state index in [1.54, 1.807) is 0 Å². The van der Waals surface area contributed by atoms with Gasteiger partial charge in [0.05, 0.1) is 6.21 Å². The van der Waals surface area contributed by atoms with Gasteiger partial charge in [-0.05, 0) is 57.7 Å². The summed E-state index contributed by atoms with van der Waals surface area (Å²) in [7, 11) is -1.63. The summed E-state index contributed by atoms with van der Waals surface area (Å²) in [6.07, 6.45) is 3.71. The molecule has 126 valence electrons. The molecule has 0 saturated heterocycles. The third-order valence-electron chi connectivity index (χ3n) is 4.08. The van der Waals surface area contributed by atoms with E-state index in [4.69, 9.17) is 4.43 Å². The molecule has 5 heteroatoms. The van der Waals surface area contributed by atoms with Crippen LogP contribution in [0, 0.1) is 5.92 Å². The van der Waals surface area contributed by atoms with Gasteiger partial charge in [0.15, 0.2) is 8.32 Å². The fourth-order valence-corrected chi connectivity index (χ4v) is 2.90. The van der Waals surface area contributed by atoms with Gasteiger partial charge in [0.25, 0.3) is 0 Å². The maximum absolute atomic E-state index is 11.8. The molecule has 0 aromatic heterocycles. The molecule has 0 aromatic carbocycles. The lowest BCUT2D eigenvalue weighted by Crippen LogP contribution is -2.41. The van der Waals surface area contributed by atoms with Gasteiger partial charge in [0.2, 0.25) is 0 Å². The highest BCUT2D eigenvalue weighted by Crippen LogP contribution is 2.36. The normalized spacial score (nSPS) is 17.2. The summed E-state index contributed by atoms with van der Waals surface area (Å²) in [5, 5.41) is 0.265. The molecule has 0 rings (SSSR count). The predicted molar refractivity (Wildman–Crippen MR) is 97.9 cm³/mol. The highest BCUT2D eigenvalue weighted by molar-refractivity contribution is 7.91. The van der Waals surface area contributed by atoms with Crippen molar-refractivity contribution in [1.82, 2.24) is 0 Å². The van der Waals surface area contributed by atoms with Crippen LogP contribution in [0.5, 0.6) is 0 Å². The summed E-state index contributed by atoms with van der Waals surface area (Å²) in [6, 6.07) is 0. The third kappa shape index (κ3) is 8.38. The Morgan fingerprint density at radius 1 is 1.19 bits per heavy atom. The second-order valence-corrected chi connectivity index (χ2v) is 15.1. The molecule has 0 heterocycles. The second kappa shape index (κ2) is 8.13. The van der Waals surface area contributed by atoms with Crippen molar-refractivity contribution in [2.75, 3.05) is 6.61 Å². The van der Waals surface area contributed by atoms with E-state index in [2.05, 4.69) is 45.2 Å². The zero-order valence-electron chi connectivity index (χ0n) is 15.4. The van der Waals surface area contributed by atoms with Crippen molar-refractivity contribution in [2.45, 2.75) is 84.2 Å². The predicted octanol–water partition coefficient (Wildman–Crippen LogP) is 4.96. The summed E-state index contributed by atoms with van der Waals surface area (Å²) in [5.74, 6) is 0.510. The molecule has 0 N–H and O–H groups in total. The van der Waals surface area contributed by atoms with E-state index >= 15 is 0 Å². The van der Waals surface area contributed by atoms with Crippen LogP contribution in [0.2, 0.25) is 18.1 Å². The summed E-state index contributed by atoms with van der Waals surface area (Å²) < 4.78 is 21.9. The van der Waals surface area contributed by atoms with E-state index in [0.717, 1.165) is 19.4 Å². The molecule has 2 unspecified atom stereocenters. The molecule has 2 atom stereocenters. The summed E-state index contributed by atoms with van der Waals surface area (Å²) in [5.41, 5.74) is 0. The Balaban J connectivity index is 4.08. The zero-order valence-corrected chi connectivity index (χ0v) is 17.3. The fourth-order valence-electron chi connectivity index (χ4n) is 1.30. The monoisotopic (exact) mass is 333 g/mol. The van der Waals surface area contributed by atoms with E-state index in [1.165, 1.54) is 0 Å². The number of hydrogen-bond donors (Lipinski definition) is 0. The standard InChI is InChI=1S/C16H35NO2SSi/c1-14(10-12-17-20(18)15(2,3)4)11-13-19-21(8,9)16(5,6)7/h12,14H,10-11,13H2,1-9H3. The topological polar surface area (TPSA) is 44.7 Å². The lowest BCUT2D eigenvalue weighted by Gasteiger charge is -2.36. The van der Waals surface area contributed by atoms with Crippen molar-refractivity contribution < 1.29 is 8.98 Å². The van der Waals surface area contributed by atoms with Gasteiger partial charge in [0.1, 0.15) is 16.1 Å². The van der Waals surface area contributed by atoms with Crippen molar-refractivity contribution in [3.8, 4) is 0 Å². The van der Waals surface area contributed by atoms with Crippen LogP contribution in [0.1, 0.15) is 61.3 Å². The van der Waals surface area contributed by atoms with Crippen LogP contribution < -0.4 is 0 Å². The van der Waals surface area contributed by atoms with Crippen molar-refractivity contribution in [1.29, 1.82) is 0 Å². The highest BCUT2D eigenvalue weighted by atomic mass is 32.2. The van der Waals surface area contributed by atoms with E-state index < -0.39 is 19.7 Å². The molecule has 0 spiro atoms. The SMILES string of the molecule is CC(CC=N[S+]([O-])C(C)(C)C)CCO[Si](C)(C)C(C)(C)C. The van der Waals surface area contributed by atoms with E-state index in [1.807, 2.05) is 27.0 Å². The molecule has 0 saturated carbocycles. The van der Waals surface area contributed by atoms with Gasteiger partial charge in [-0.25, -0.2) is 0 Å². The van der Waals surface area contributed by atoms with Crippen molar-refractivity contribution in [2.24, 2.45) is 10.3 Å². The lowest BCUT2D eigenvalue weighted by molar-refractivity contribution is 0.262. The number of hydrogen-bond acceptors (Lipinski definition) is 3. The zero-order chi connectivity index (χ0) is 16.9. The van der Waals surface area contributed by atoms with Crippen molar-refractivity contribution in [3.05, 3.63) is 0 Å². The van der Waals surface area contributed by atoms with E-state index in [0.29, 0.717) is 5.92 Å². The highest BCUT2D eigenvalue weighted by Gasteiger charge is 2.36. The van der Waals surface area contributed by atoms with Gasteiger partial charge in [-0.15, -0.1) is 0 Å². The van der Waals surface area contributed by atoms with Gasteiger partial charge in [0, 0.05) is 6.61 Å². The van der Waals surface area contributed by atoms with Crippen LogP contribution in [0.15, 0.2) is 4.40 Å². The van der Waals surface area contributed by atoms with Crippen molar-refractivity contribution in [3.63, 3.8) is 0 Å². The minimum Gasteiger partial charge on any atom is -0.591 e. The summed E-state index contributed by atoms with van der Waals surface area (Å²) >= 11 is -1.14. The van der Waals surface area contributed by atoms with Crippen LogP contribution >= 0.6 is 0 Å². The van der Waals surface area contributed by atoms with Gasteiger partial charge in [-0.2, -0.15) is 0 Å². The third-order valence-corrected chi connectivity index (χ3v) is 10.0. The quantitative estimate of drug-likeness (QED) is 0.375.